The minimum atomic E-state index is 0.114. The molecule has 2 heterocycles. The summed E-state index contributed by atoms with van der Waals surface area (Å²) in [5, 5.41) is 13.1. The van der Waals surface area contributed by atoms with Crippen LogP contribution in [0.1, 0.15) is 61.1 Å². The lowest BCUT2D eigenvalue weighted by atomic mass is 9.95. The van der Waals surface area contributed by atoms with Gasteiger partial charge in [-0.25, -0.2) is 4.68 Å². The molecule has 1 saturated heterocycles. The van der Waals surface area contributed by atoms with Gasteiger partial charge in [0.05, 0.1) is 12.1 Å². The number of aryl methyl sites for hydroxylation is 1. The minimum absolute atomic E-state index is 0.114. The zero-order valence-electron chi connectivity index (χ0n) is 17.0. The second-order valence-corrected chi connectivity index (χ2v) is 8.21. The van der Waals surface area contributed by atoms with Crippen LogP contribution in [-0.2, 0) is 0 Å². The molecule has 1 aromatic carbocycles. The highest BCUT2D eigenvalue weighted by Gasteiger charge is 2.32. The molecule has 150 valence electrons. The van der Waals surface area contributed by atoms with Crippen LogP contribution in [0.15, 0.2) is 36.9 Å². The van der Waals surface area contributed by atoms with Crippen LogP contribution in [0.5, 0.6) is 0 Å². The first-order valence-electron chi connectivity index (χ1n) is 10.7. The van der Waals surface area contributed by atoms with Crippen LogP contribution in [0.25, 0.3) is 0 Å². The molecule has 0 amide bonds. The molecule has 2 fully saturated rings. The summed E-state index contributed by atoms with van der Waals surface area (Å²) in [6.45, 7) is 11.1. The van der Waals surface area contributed by atoms with E-state index in [9.17, 15) is 0 Å². The van der Waals surface area contributed by atoms with Gasteiger partial charge in [-0.1, -0.05) is 55.2 Å². The van der Waals surface area contributed by atoms with Gasteiger partial charge in [0.2, 0.25) is 0 Å². The van der Waals surface area contributed by atoms with E-state index in [4.69, 9.17) is 0 Å². The highest BCUT2D eigenvalue weighted by molar-refractivity contribution is 5.28. The van der Waals surface area contributed by atoms with Gasteiger partial charge in [0, 0.05) is 32.7 Å². The highest BCUT2D eigenvalue weighted by Crippen LogP contribution is 2.33. The molecule has 0 N–H and O–H groups in total. The van der Waals surface area contributed by atoms with Gasteiger partial charge in [0.15, 0.2) is 5.82 Å². The Labute approximate surface area is 168 Å². The largest absolute Gasteiger partial charge is 0.297 e. The van der Waals surface area contributed by atoms with Crippen LogP contribution in [-0.4, -0.2) is 62.7 Å². The number of rotatable bonds is 6. The van der Waals surface area contributed by atoms with Gasteiger partial charge in [0.1, 0.15) is 0 Å². The van der Waals surface area contributed by atoms with E-state index < -0.39 is 0 Å². The quantitative estimate of drug-likeness (QED) is 0.719. The smallest absolute Gasteiger partial charge is 0.173 e. The molecule has 4 rings (SSSR count). The third kappa shape index (κ3) is 4.18. The normalized spacial score (nSPS) is 20.9. The molecule has 1 unspecified atom stereocenters. The molecule has 1 aliphatic heterocycles. The Morgan fingerprint density at radius 2 is 1.79 bits per heavy atom. The maximum atomic E-state index is 4.55. The zero-order valence-corrected chi connectivity index (χ0v) is 17.0. The van der Waals surface area contributed by atoms with Crippen molar-refractivity contribution in [3.05, 3.63) is 53.9 Å². The van der Waals surface area contributed by atoms with Gasteiger partial charge >= 0.3 is 0 Å². The van der Waals surface area contributed by atoms with E-state index in [1.54, 1.807) is 0 Å². The van der Waals surface area contributed by atoms with Crippen molar-refractivity contribution >= 4 is 0 Å². The third-order valence-corrected chi connectivity index (χ3v) is 6.24. The molecule has 0 radical (unpaired) electrons. The summed E-state index contributed by atoms with van der Waals surface area (Å²) < 4.78 is 2.14. The fraction of sp³-hybridized carbons (Fsp3) is 0.591. The van der Waals surface area contributed by atoms with Gasteiger partial charge < -0.3 is 0 Å². The molecule has 6 heteroatoms. The molecule has 28 heavy (non-hydrogen) atoms. The lowest BCUT2D eigenvalue weighted by molar-refractivity contribution is 0.111. The second-order valence-electron chi connectivity index (χ2n) is 8.21. The molecular weight excluding hydrogens is 348 g/mol. The molecule has 6 nitrogen and oxygen atoms in total. The molecule has 1 saturated carbocycles. The van der Waals surface area contributed by atoms with Crippen molar-refractivity contribution in [2.24, 2.45) is 0 Å². The molecule has 0 spiro atoms. The topological polar surface area (TPSA) is 50.1 Å². The highest BCUT2D eigenvalue weighted by atomic mass is 15.6. The summed E-state index contributed by atoms with van der Waals surface area (Å²) in [7, 11) is 0. The minimum Gasteiger partial charge on any atom is -0.297 e. The van der Waals surface area contributed by atoms with Crippen molar-refractivity contribution in [2.75, 3.05) is 32.7 Å². The lowest BCUT2D eigenvalue weighted by Gasteiger charge is -2.39. The standard InChI is InChI=1S/C22H32N6/c1-3-13-26-14-16-27(17-15-26)21(19-11-9-18(2)10-12-19)22-23-24-25-28(22)20-7-5-4-6-8-20/h3,9-12,20-21H,1,4-8,13-17H2,2H3. The monoisotopic (exact) mass is 380 g/mol. The molecule has 0 bridgehead atoms. The van der Waals surface area contributed by atoms with Gasteiger partial charge in [-0.05, 0) is 35.8 Å². The van der Waals surface area contributed by atoms with E-state index in [2.05, 4.69) is 67.8 Å². The summed E-state index contributed by atoms with van der Waals surface area (Å²) in [4.78, 5) is 5.01. The molecule has 1 aliphatic carbocycles. The lowest BCUT2D eigenvalue weighted by Crippen LogP contribution is -2.48. The SMILES string of the molecule is C=CCN1CCN(C(c2ccc(C)cc2)c2nnnn2C2CCCCC2)CC1. The Morgan fingerprint density at radius 1 is 1.07 bits per heavy atom. The van der Waals surface area contributed by atoms with Crippen molar-refractivity contribution in [3.8, 4) is 0 Å². The number of aromatic nitrogens is 4. The predicted octanol–water partition coefficient (Wildman–Crippen LogP) is 3.38. The molecule has 2 aliphatic rings. The summed E-state index contributed by atoms with van der Waals surface area (Å²) >= 11 is 0. The maximum absolute atomic E-state index is 4.55. The Morgan fingerprint density at radius 3 is 2.46 bits per heavy atom. The third-order valence-electron chi connectivity index (χ3n) is 6.24. The molecular formula is C22H32N6. The Balaban J connectivity index is 1.64. The van der Waals surface area contributed by atoms with Gasteiger partial charge in [0.25, 0.3) is 0 Å². The number of nitrogens with zero attached hydrogens (tertiary/aromatic N) is 6. The van der Waals surface area contributed by atoms with Gasteiger partial charge in [-0.3, -0.25) is 9.80 Å². The van der Waals surface area contributed by atoms with Gasteiger partial charge in [-0.15, -0.1) is 11.7 Å². The van der Waals surface area contributed by atoms with Gasteiger partial charge in [-0.2, -0.15) is 0 Å². The van der Waals surface area contributed by atoms with E-state index in [-0.39, 0.29) is 6.04 Å². The first-order valence-corrected chi connectivity index (χ1v) is 10.7. The van der Waals surface area contributed by atoms with Crippen LogP contribution in [0, 0.1) is 6.92 Å². The van der Waals surface area contributed by atoms with E-state index >= 15 is 0 Å². The van der Waals surface area contributed by atoms with Crippen molar-refractivity contribution in [3.63, 3.8) is 0 Å². The fourth-order valence-corrected chi connectivity index (χ4v) is 4.62. The first-order chi connectivity index (χ1) is 13.8. The Bertz CT molecular complexity index is 754. The number of hydrogen-bond donors (Lipinski definition) is 0. The average molecular weight is 381 g/mol. The average Bonchev–Trinajstić information content (AvgIpc) is 3.21. The molecule has 1 atom stereocenters. The fourth-order valence-electron chi connectivity index (χ4n) is 4.62. The first kappa shape index (κ1) is 19.3. The van der Waals surface area contributed by atoms with E-state index in [1.165, 1.54) is 43.2 Å². The van der Waals surface area contributed by atoms with Crippen LogP contribution in [0.4, 0.5) is 0 Å². The summed E-state index contributed by atoms with van der Waals surface area (Å²) in [6, 6.07) is 9.44. The van der Waals surface area contributed by atoms with Crippen LogP contribution < -0.4 is 0 Å². The van der Waals surface area contributed by atoms with Crippen LogP contribution in [0.3, 0.4) is 0 Å². The Hall–Kier alpha value is -2.05. The Kier molecular flexibility index (Phi) is 6.17. The summed E-state index contributed by atoms with van der Waals surface area (Å²) in [5.74, 6) is 1.01. The van der Waals surface area contributed by atoms with Crippen molar-refractivity contribution in [1.82, 2.24) is 30.0 Å². The second kappa shape index (κ2) is 8.97. The van der Waals surface area contributed by atoms with E-state index in [1.807, 2.05) is 6.08 Å². The summed E-state index contributed by atoms with van der Waals surface area (Å²) in [5.41, 5.74) is 2.57. The number of piperazine rings is 1. The number of tetrazole rings is 1. The number of benzene rings is 1. The zero-order chi connectivity index (χ0) is 19.3. The predicted molar refractivity (Wildman–Crippen MR) is 111 cm³/mol. The van der Waals surface area contributed by atoms with Crippen molar-refractivity contribution < 1.29 is 0 Å². The molecule has 2 aromatic rings. The summed E-state index contributed by atoms with van der Waals surface area (Å²) in [6.07, 6.45) is 8.26. The maximum Gasteiger partial charge on any atom is 0.173 e. The van der Waals surface area contributed by atoms with Crippen molar-refractivity contribution in [2.45, 2.75) is 51.1 Å². The van der Waals surface area contributed by atoms with E-state index in [0.717, 1.165) is 38.5 Å². The number of hydrogen-bond acceptors (Lipinski definition) is 5. The molecule has 1 aromatic heterocycles. The van der Waals surface area contributed by atoms with Crippen molar-refractivity contribution in [1.29, 1.82) is 0 Å². The van der Waals surface area contributed by atoms with Crippen LogP contribution in [0.2, 0.25) is 0 Å². The van der Waals surface area contributed by atoms with E-state index in [0.29, 0.717) is 6.04 Å². The van der Waals surface area contributed by atoms with Crippen LogP contribution >= 0.6 is 0 Å².